The average Bonchev–Trinajstić information content (AvgIpc) is 2.90. The Hall–Kier alpha value is -1.46. The molecule has 0 aromatic carbocycles. The lowest BCUT2D eigenvalue weighted by Crippen LogP contribution is -2.37. The second-order valence-electron chi connectivity index (χ2n) is 5.86. The van der Waals surface area contributed by atoms with Crippen LogP contribution in [0, 0.1) is 0 Å². The Kier molecular flexibility index (Phi) is 4.51. The fourth-order valence-electron chi connectivity index (χ4n) is 3.05. The van der Waals surface area contributed by atoms with Crippen LogP contribution in [0.4, 0.5) is 0 Å². The van der Waals surface area contributed by atoms with Crippen molar-refractivity contribution in [1.29, 1.82) is 0 Å². The van der Waals surface area contributed by atoms with Crippen LogP contribution in [0.2, 0.25) is 0 Å². The topological polar surface area (TPSA) is 60.5 Å². The lowest BCUT2D eigenvalue weighted by atomic mass is 9.94. The van der Waals surface area contributed by atoms with Crippen LogP contribution in [0.3, 0.4) is 0 Å². The molecule has 1 aliphatic carbocycles. The third-order valence-electron chi connectivity index (χ3n) is 4.14. The lowest BCUT2D eigenvalue weighted by Gasteiger charge is -2.31. The highest BCUT2D eigenvalue weighted by Gasteiger charge is 2.42. The molecule has 1 amide bonds. The highest BCUT2D eigenvalue weighted by atomic mass is 16.7. The van der Waals surface area contributed by atoms with Crippen molar-refractivity contribution in [2.45, 2.75) is 50.4 Å². The number of ether oxygens (including phenoxy) is 2. The predicted molar refractivity (Wildman–Crippen MR) is 77.6 cm³/mol. The highest BCUT2D eigenvalue weighted by molar-refractivity contribution is 5.78. The molecule has 1 saturated carbocycles. The molecule has 5 nitrogen and oxygen atoms in total. The molecule has 0 radical (unpaired) electrons. The molecule has 1 spiro atoms. The largest absolute Gasteiger partial charge is 0.353 e. The van der Waals surface area contributed by atoms with E-state index in [0.717, 1.165) is 18.4 Å². The van der Waals surface area contributed by atoms with Gasteiger partial charge in [-0.05, 0) is 24.5 Å². The number of rotatable bonds is 4. The van der Waals surface area contributed by atoms with Crippen LogP contribution in [-0.2, 0) is 20.7 Å². The molecule has 3 rings (SSSR count). The molecule has 5 heteroatoms. The third kappa shape index (κ3) is 3.80. The van der Waals surface area contributed by atoms with Gasteiger partial charge in [0, 0.05) is 31.8 Å². The number of hydrogen-bond acceptors (Lipinski definition) is 4. The van der Waals surface area contributed by atoms with E-state index in [2.05, 4.69) is 10.3 Å². The summed E-state index contributed by atoms with van der Waals surface area (Å²) in [5.74, 6) is -0.368. The maximum atomic E-state index is 11.9. The summed E-state index contributed by atoms with van der Waals surface area (Å²) in [4.78, 5) is 15.9. The van der Waals surface area contributed by atoms with E-state index in [1.807, 2.05) is 12.1 Å². The third-order valence-corrected chi connectivity index (χ3v) is 4.14. The first kappa shape index (κ1) is 14.5. The minimum Gasteiger partial charge on any atom is -0.353 e. The van der Waals surface area contributed by atoms with Gasteiger partial charge >= 0.3 is 0 Å². The van der Waals surface area contributed by atoms with Gasteiger partial charge in [-0.25, -0.2) is 0 Å². The number of nitrogens with zero attached hydrogens (tertiary/aromatic N) is 1. The molecular weight excluding hydrogens is 268 g/mol. The van der Waals surface area contributed by atoms with E-state index in [-0.39, 0.29) is 17.8 Å². The predicted octanol–water partition coefficient (Wildman–Crippen LogP) is 1.82. The van der Waals surface area contributed by atoms with Crippen LogP contribution >= 0.6 is 0 Å². The van der Waals surface area contributed by atoms with E-state index in [9.17, 15) is 4.79 Å². The van der Waals surface area contributed by atoms with Crippen molar-refractivity contribution in [2.75, 3.05) is 13.2 Å². The zero-order chi connectivity index (χ0) is 14.5. The summed E-state index contributed by atoms with van der Waals surface area (Å²) in [5.41, 5.74) is 0.919. The summed E-state index contributed by atoms with van der Waals surface area (Å²) < 4.78 is 11.9. The molecule has 1 saturated heterocycles. The molecule has 1 unspecified atom stereocenters. The van der Waals surface area contributed by atoms with Gasteiger partial charge in [0.15, 0.2) is 5.79 Å². The quantitative estimate of drug-likeness (QED) is 0.919. The first-order valence-electron chi connectivity index (χ1n) is 7.73. The van der Waals surface area contributed by atoms with Crippen LogP contribution in [-0.4, -0.2) is 35.9 Å². The molecule has 0 bridgehead atoms. The molecule has 1 atom stereocenters. The van der Waals surface area contributed by atoms with Crippen LogP contribution in [0.5, 0.6) is 0 Å². The number of carbonyl (C=O) groups excluding carboxylic acids is 1. The summed E-state index contributed by atoms with van der Waals surface area (Å²) in [6.45, 7) is 1.09. The van der Waals surface area contributed by atoms with Gasteiger partial charge in [-0.15, -0.1) is 0 Å². The zero-order valence-electron chi connectivity index (χ0n) is 12.2. The highest BCUT2D eigenvalue weighted by Crippen LogP contribution is 2.37. The monoisotopic (exact) mass is 290 g/mol. The number of hydrogen-bond donors (Lipinski definition) is 1. The van der Waals surface area contributed by atoms with Crippen LogP contribution < -0.4 is 5.32 Å². The molecule has 2 aliphatic rings. The molecular formula is C16H22N2O3. The summed E-state index contributed by atoms with van der Waals surface area (Å²) in [7, 11) is 0. The van der Waals surface area contributed by atoms with E-state index in [1.165, 1.54) is 19.3 Å². The lowest BCUT2D eigenvalue weighted by molar-refractivity contribution is -0.186. The maximum absolute atomic E-state index is 11.9. The second-order valence-corrected chi connectivity index (χ2v) is 5.86. The number of aromatic nitrogens is 1. The molecule has 114 valence electrons. The average molecular weight is 290 g/mol. The summed E-state index contributed by atoms with van der Waals surface area (Å²) in [5, 5.41) is 2.92. The minimum atomic E-state index is -0.364. The Morgan fingerprint density at radius 1 is 1.38 bits per heavy atom. The smallest absolute Gasteiger partial charge is 0.224 e. The number of pyridine rings is 1. The van der Waals surface area contributed by atoms with Crippen molar-refractivity contribution >= 4 is 5.91 Å². The standard InChI is InChI=1S/C16H22N2O3/c19-15(9-13-5-4-8-17-10-13)18-11-14-12-20-16(21-14)6-2-1-3-7-16/h4-5,8,10,14H,1-3,6-7,9,11-12H2,(H,18,19). The van der Waals surface area contributed by atoms with Gasteiger partial charge in [0.1, 0.15) is 6.10 Å². The van der Waals surface area contributed by atoms with E-state index >= 15 is 0 Å². The Morgan fingerprint density at radius 2 is 2.24 bits per heavy atom. The Labute approximate surface area is 125 Å². The van der Waals surface area contributed by atoms with E-state index in [0.29, 0.717) is 19.6 Å². The number of carbonyl (C=O) groups is 1. The van der Waals surface area contributed by atoms with Gasteiger partial charge in [-0.3, -0.25) is 9.78 Å². The number of amides is 1. The fourth-order valence-corrected chi connectivity index (χ4v) is 3.05. The van der Waals surface area contributed by atoms with Gasteiger partial charge in [-0.2, -0.15) is 0 Å². The SMILES string of the molecule is O=C(Cc1cccnc1)NCC1COC2(CCCCC2)O1. The Balaban J connectivity index is 1.42. The minimum absolute atomic E-state index is 0.00352. The van der Waals surface area contributed by atoms with Gasteiger partial charge in [-0.1, -0.05) is 12.5 Å². The van der Waals surface area contributed by atoms with Gasteiger partial charge in [0.2, 0.25) is 5.91 Å². The van der Waals surface area contributed by atoms with E-state index in [1.54, 1.807) is 12.4 Å². The Bertz CT molecular complexity index is 472. The first-order chi connectivity index (χ1) is 10.3. The normalized spacial score (nSPS) is 24.1. The second kappa shape index (κ2) is 6.54. The van der Waals surface area contributed by atoms with Crippen molar-refractivity contribution in [3.8, 4) is 0 Å². The first-order valence-corrected chi connectivity index (χ1v) is 7.73. The van der Waals surface area contributed by atoms with Crippen molar-refractivity contribution in [2.24, 2.45) is 0 Å². The molecule has 1 aromatic heterocycles. The van der Waals surface area contributed by atoms with E-state index < -0.39 is 0 Å². The molecule has 1 N–H and O–H groups in total. The summed E-state index contributed by atoms with van der Waals surface area (Å²) in [6.07, 6.45) is 9.30. The molecule has 2 fully saturated rings. The van der Waals surface area contributed by atoms with Gasteiger partial charge in [0.25, 0.3) is 0 Å². The van der Waals surface area contributed by atoms with Crippen molar-refractivity contribution in [3.63, 3.8) is 0 Å². The Morgan fingerprint density at radius 3 is 3.00 bits per heavy atom. The van der Waals surface area contributed by atoms with Crippen molar-refractivity contribution in [1.82, 2.24) is 10.3 Å². The molecule has 1 aromatic rings. The maximum Gasteiger partial charge on any atom is 0.224 e. The fraction of sp³-hybridized carbons (Fsp3) is 0.625. The van der Waals surface area contributed by atoms with Crippen molar-refractivity contribution < 1.29 is 14.3 Å². The van der Waals surface area contributed by atoms with Gasteiger partial charge in [0.05, 0.1) is 13.0 Å². The molecule has 2 heterocycles. The number of nitrogens with one attached hydrogen (secondary N) is 1. The molecule has 1 aliphatic heterocycles. The van der Waals surface area contributed by atoms with Crippen LogP contribution in [0.25, 0.3) is 0 Å². The summed E-state index contributed by atoms with van der Waals surface area (Å²) >= 11 is 0. The zero-order valence-corrected chi connectivity index (χ0v) is 12.2. The van der Waals surface area contributed by atoms with E-state index in [4.69, 9.17) is 9.47 Å². The molecule has 21 heavy (non-hydrogen) atoms. The van der Waals surface area contributed by atoms with Crippen molar-refractivity contribution in [3.05, 3.63) is 30.1 Å². The summed E-state index contributed by atoms with van der Waals surface area (Å²) in [6, 6.07) is 3.74. The van der Waals surface area contributed by atoms with Crippen LogP contribution in [0.15, 0.2) is 24.5 Å². The van der Waals surface area contributed by atoms with Crippen LogP contribution in [0.1, 0.15) is 37.7 Å². The van der Waals surface area contributed by atoms with Gasteiger partial charge < -0.3 is 14.8 Å².